The minimum atomic E-state index is -4.49. The third-order valence-electron chi connectivity index (χ3n) is 15.2. The number of aromatic nitrogens is 2. The van der Waals surface area contributed by atoms with Gasteiger partial charge in [-0.3, -0.25) is 9.80 Å². The fourth-order valence-electron chi connectivity index (χ4n) is 11.4. The van der Waals surface area contributed by atoms with Gasteiger partial charge in [0.05, 0.1) is 48.3 Å². The largest absolute Gasteiger partial charge is 0.495 e. The van der Waals surface area contributed by atoms with Crippen LogP contribution in [0.2, 0.25) is 0 Å². The van der Waals surface area contributed by atoms with Crippen molar-refractivity contribution in [2.24, 2.45) is 0 Å². The molecule has 2 aliphatic heterocycles. The zero-order valence-corrected chi connectivity index (χ0v) is 46.5. The van der Waals surface area contributed by atoms with Gasteiger partial charge in [-0.05, 0) is 142 Å². The van der Waals surface area contributed by atoms with Crippen LogP contribution in [-0.4, -0.2) is 76.3 Å². The summed E-state index contributed by atoms with van der Waals surface area (Å²) in [6.45, 7) is 13.2. The molecule has 0 N–H and O–H groups in total. The van der Waals surface area contributed by atoms with Gasteiger partial charge in [-0.15, -0.1) is 11.3 Å². The lowest BCUT2D eigenvalue weighted by Gasteiger charge is -2.36. The summed E-state index contributed by atoms with van der Waals surface area (Å²) in [5.41, 5.74) is 2.79. The van der Waals surface area contributed by atoms with Crippen LogP contribution in [0.3, 0.4) is 0 Å². The first-order valence-corrected chi connectivity index (χ1v) is 28.0. The molecule has 4 fully saturated rings. The lowest BCUT2D eigenvalue weighted by Crippen LogP contribution is -2.39. The molecule has 2 amide bonds. The molecule has 2 aliphatic carbocycles. The predicted octanol–water partition coefficient (Wildman–Crippen LogP) is 15.8. The molecule has 410 valence electrons. The number of ether oxygens (including phenoxy) is 3. The van der Waals surface area contributed by atoms with E-state index in [9.17, 15) is 35.9 Å². The monoisotopic (exact) mass is 1140 g/mol. The second kappa shape index (κ2) is 24.0. The lowest BCUT2D eigenvalue weighted by atomic mass is 9.93. The average Bonchev–Trinajstić information content (AvgIpc) is 4.07. The third-order valence-corrected chi connectivity index (χ3v) is 16.6. The van der Waals surface area contributed by atoms with Crippen LogP contribution in [-0.2, 0) is 34.9 Å². The van der Waals surface area contributed by atoms with E-state index < -0.39 is 60.0 Å². The summed E-state index contributed by atoms with van der Waals surface area (Å²) >= 11 is 5.06. The second-order valence-corrected chi connectivity index (χ2v) is 22.3. The van der Waals surface area contributed by atoms with E-state index in [1.54, 1.807) is 60.4 Å². The van der Waals surface area contributed by atoms with Crippen molar-refractivity contribution in [3.63, 3.8) is 0 Å². The Bertz CT molecular complexity index is 2840. The molecule has 5 heterocycles. The van der Waals surface area contributed by atoms with Crippen molar-refractivity contribution in [1.29, 1.82) is 0 Å². The number of cyclic esters (lactones) is 2. The predicted molar refractivity (Wildman–Crippen MR) is 287 cm³/mol. The van der Waals surface area contributed by atoms with Crippen LogP contribution >= 0.6 is 27.3 Å². The maximum atomic E-state index is 13.6. The molecule has 0 radical (unpaired) electrons. The molecule has 0 spiro atoms. The van der Waals surface area contributed by atoms with E-state index in [4.69, 9.17) is 24.2 Å². The summed E-state index contributed by atoms with van der Waals surface area (Å²) in [4.78, 5) is 44.6. The molecule has 9 rings (SSSR count). The highest BCUT2D eigenvalue weighted by atomic mass is 79.9. The summed E-state index contributed by atoms with van der Waals surface area (Å²) in [7, 11) is 1.63. The van der Waals surface area contributed by atoms with Crippen LogP contribution in [0.1, 0.15) is 149 Å². The highest BCUT2D eigenvalue weighted by molar-refractivity contribution is 9.10. The number of anilines is 2. The first-order valence-electron chi connectivity index (χ1n) is 26.3. The molecule has 4 atom stereocenters. The zero-order valence-electron chi connectivity index (χ0n) is 44.1. The van der Waals surface area contributed by atoms with Crippen molar-refractivity contribution in [2.45, 2.75) is 168 Å². The van der Waals surface area contributed by atoms with Gasteiger partial charge < -0.3 is 24.0 Å². The van der Waals surface area contributed by atoms with E-state index >= 15 is 0 Å². The van der Waals surface area contributed by atoms with Gasteiger partial charge in [0.25, 0.3) is 0 Å². The number of carbonyl (C=O) groups excluding carboxylic acids is 2. The summed E-state index contributed by atoms with van der Waals surface area (Å²) in [6.07, 6.45) is 3.62. The summed E-state index contributed by atoms with van der Waals surface area (Å²) in [5, 5.41) is 1.96. The number of hydrogen-bond acceptors (Lipinski definition) is 10. The van der Waals surface area contributed by atoms with E-state index in [1.165, 1.54) is 38.5 Å². The Balaban J connectivity index is 0.000000204. The van der Waals surface area contributed by atoms with E-state index in [1.807, 2.05) is 37.6 Å². The van der Waals surface area contributed by atoms with Gasteiger partial charge in [0.2, 0.25) is 0 Å². The Morgan fingerprint density at radius 3 is 1.55 bits per heavy atom. The third kappa shape index (κ3) is 12.7. The molecule has 1 unspecified atom stereocenters. The quantitative estimate of drug-likeness (QED) is 0.101. The number of hydrogen-bond donors (Lipinski definition) is 0. The number of alkyl halides is 6. The highest BCUT2D eigenvalue weighted by Crippen LogP contribution is 2.43. The molecule has 0 bridgehead atoms. The van der Waals surface area contributed by atoms with Crippen LogP contribution in [0.25, 0.3) is 10.4 Å². The number of thiophene rings is 1. The summed E-state index contributed by atoms with van der Waals surface area (Å²) in [5.74, 6) is 2.43. The van der Waals surface area contributed by atoms with Gasteiger partial charge >= 0.3 is 24.5 Å². The minimum absolute atomic E-state index is 0.224. The van der Waals surface area contributed by atoms with Crippen molar-refractivity contribution in [3.8, 4) is 16.2 Å². The normalized spacial score (nSPS) is 20.6. The number of pyridine rings is 2. The number of nitrogens with zero attached hydrogens (tertiary/aromatic N) is 6. The molecule has 2 saturated heterocycles. The first kappa shape index (κ1) is 56.6. The fourth-order valence-corrected chi connectivity index (χ4v) is 12.7. The van der Waals surface area contributed by atoms with E-state index in [0.717, 1.165) is 106 Å². The Morgan fingerprint density at radius 1 is 0.671 bits per heavy atom. The van der Waals surface area contributed by atoms with Gasteiger partial charge in [-0.25, -0.2) is 19.6 Å². The molecule has 2 aromatic carbocycles. The van der Waals surface area contributed by atoms with Gasteiger partial charge in [-0.1, -0.05) is 61.8 Å². The molecule has 19 heteroatoms. The van der Waals surface area contributed by atoms with Crippen LogP contribution in [0, 0.1) is 13.8 Å². The van der Waals surface area contributed by atoms with Crippen LogP contribution in [0.5, 0.6) is 5.75 Å². The van der Waals surface area contributed by atoms with Gasteiger partial charge in [-0.2, -0.15) is 26.3 Å². The van der Waals surface area contributed by atoms with Crippen LogP contribution in [0.4, 0.5) is 47.6 Å². The second-order valence-electron chi connectivity index (χ2n) is 20.4. The smallest absolute Gasteiger partial charge is 0.416 e. The number of amides is 2. The maximum absolute atomic E-state index is 13.6. The van der Waals surface area contributed by atoms with E-state index in [2.05, 4.69) is 45.6 Å². The maximum Gasteiger partial charge on any atom is 0.416 e. The SMILES string of the molecule is CCN(c1ncc(-c2sccc2OC)cc1CN1C(=O)OC(c2cc(C)cc(C(F)(F)F)c2)[C@@H]1C)C1CCCCC1.CCN(c1ncc(Br)cc1CN1C(=O)O[C@H](c2cc(C)cc(C(F)(F)F)c2)[C@@H]1C)C1CCCCC1. The number of benzene rings is 2. The Hall–Kier alpha value is -5.56. The Labute approximate surface area is 454 Å². The molecule has 5 aromatic rings. The van der Waals surface area contributed by atoms with Crippen molar-refractivity contribution in [1.82, 2.24) is 19.8 Å². The van der Waals surface area contributed by atoms with Gasteiger partial charge in [0, 0.05) is 58.7 Å². The average molecular weight is 1140 g/mol. The molecule has 2 saturated carbocycles. The number of rotatable bonds is 14. The first-order chi connectivity index (χ1) is 36.2. The summed E-state index contributed by atoms with van der Waals surface area (Å²) < 4.78 is 98.5. The Morgan fingerprint density at radius 2 is 1.12 bits per heavy atom. The summed E-state index contributed by atoms with van der Waals surface area (Å²) in [6, 6.07) is 13.5. The Kier molecular flexibility index (Phi) is 17.9. The van der Waals surface area contributed by atoms with Crippen molar-refractivity contribution < 1.29 is 50.1 Å². The fraction of sp³-hybridized carbons (Fsp3) is 0.509. The lowest BCUT2D eigenvalue weighted by molar-refractivity contribution is -0.138. The zero-order chi connectivity index (χ0) is 54.6. The number of carbonyl (C=O) groups is 2. The van der Waals surface area contributed by atoms with E-state index in [-0.39, 0.29) is 13.1 Å². The van der Waals surface area contributed by atoms with Gasteiger partial charge in [0.1, 0.15) is 29.6 Å². The standard InChI is InChI=1S/C31H36F3N3O3S.C26H31BrF3N3O2/c1-5-36(25-9-7-6-8-10-25)29-23(15-22(17-35-29)28-26(39-4)11-12-41-28)18-37-20(3)27(40-30(37)38)21-13-19(2)14-24(16-21)31(32,33)34;1-4-32(22-8-6-5-7-9-22)24-19(13-21(27)14-31-24)15-33-17(3)23(35-25(33)34)18-10-16(2)11-20(12-18)26(28,29)30/h11-17,20,25,27H,5-10,18H2,1-4H3;10-14,17,22-23H,4-9,15H2,1-3H3/t20-,27?;17-,23-/m00/s1. The molecule has 11 nitrogen and oxygen atoms in total. The number of aryl methyl sites for hydroxylation is 2. The molecule has 76 heavy (non-hydrogen) atoms. The topological polar surface area (TPSA) is 101 Å². The van der Waals surface area contributed by atoms with Crippen molar-refractivity contribution >= 4 is 51.1 Å². The van der Waals surface area contributed by atoms with Crippen LogP contribution in [0.15, 0.2) is 76.8 Å². The van der Waals surface area contributed by atoms with Crippen LogP contribution < -0.4 is 14.5 Å². The molecule has 4 aliphatic rings. The molecular weight excluding hydrogens is 1070 g/mol. The number of methoxy groups -OCH3 is 1. The molecular formula is C57H67BrF6N6O5S. The minimum Gasteiger partial charge on any atom is -0.495 e. The highest BCUT2D eigenvalue weighted by Gasteiger charge is 2.44. The van der Waals surface area contributed by atoms with Crippen molar-refractivity contribution in [2.75, 3.05) is 30.0 Å². The number of halogens is 7. The van der Waals surface area contributed by atoms with E-state index in [0.29, 0.717) is 34.3 Å². The van der Waals surface area contributed by atoms with Gasteiger partial charge in [0.15, 0.2) is 0 Å². The molecule has 3 aromatic heterocycles. The van der Waals surface area contributed by atoms with Crippen molar-refractivity contribution in [3.05, 3.63) is 121 Å².